The molecule has 2 aromatic carbocycles. The maximum atomic E-state index is 11.4. The van der Waals surface area contributed by atoms with E-state index in [1.807, 2.05) is 6.92 Å². The Hall–Kier alpha value is -1.42. The zero-order chi connectivity index (χ0) is 16.3. The van der Waals surface area contributed by atoms with Crippen LogP contribution >= 0.6 is 34.8 Å². The summed E-state index contributed by atoms with van der Waals surface area (Å²) in [6.07, 6.45) is -0.924. The minimum atomic E-state index is -1.07. The van der Waals surface area contributed by atoms with Gasteiger partial charge in [0.15, 0.2) is 6.10 Å². The van der Waals surface area contributed by atoms with Crippen LogP contribution in [0.3, 0.4) is 0 Å². The van der Waals surface area contributed by atoms with E-state index in [9.17, 15) is 9.90 Å². The molecule has 0 heterocycles. The van der Waals surface area contributed by atoms with Crippen LogP contribution in [0.25, 0.3) is 0 Å². The molecule has 2 aromatic rings. The Labute approximate surface area is 143 Å². The number of halogens is 3. The summed E-state index contributed by atoms with van der Waals surface area (Å²) >= 11 is 17.9. The first-order valence-corrected chi connectivity index (χ1v) is 7.59. The predicted octanol–water partition coefficient (Wildman–Crippen LogP) is 5.03. The third kappa shape index (κ3) is 4.29. The average molecular weight is 360 g/mol. The van der Waals surface area contributed by atoms with Crippen LogP contribution in [0.2, 0.25) is 15.1 Å². The second-order valence-electron chi connectivity index (χ2n) is 4.80. The molecule has 0 spiro atoms. The van der Waals surface area contributed by atoms with E-state index in [0.717, 1.165) is 5.56 Å². The van der Waals surface area contributed by atoms with Crippen molar-refractivity contribution < 1.29 is 14.6 Å². The van der Waals surface area contributed by atoms with Crippen LogP contribution in [0.1, 0.15) is 11.1 Å². The van der Waals surface area contributed by atoms with Gasteiger partial charge < -0.3 is 9.84 Å². The maximum absolute atomic E-state index is 11.4. The predicted molar refractivity (Wildman–Crippen MR) is 88.4 cm³/mol. The molecule has 0 amide bonds. The molecule has 0 saturated carbocycles. The Balaban J connectivity index is 2.19. The summed E-state index contributed by atoms with van der Waals surface area (Å²) in [5.41, 5.74) is 1.47. The molecular formula is C16H13Cl3O3. The van der Waals surface area contributed by atoms with Gasteiger partial charge in [0, 0.05) is 21.5 Å². The lowest BCUT2D eigenvalue weighted by molar-refractivity contribution is -0.145. The van der Waals surface area contributed by atoms with E-state index in [4.69, 9.17) is 39.5 Å². The molecular weight excluding hydrogens is 347 g/mol. The van der Waals surface area contributed by atoms with Crippen LogP contribution in [0.4, 0.5) is 0 Å². The van der Waals surface area contributed by atoms with E-state index in [-0.39, 0.29) is 6.42 Å². The van der Waals surface area contributed by atoms with E-state index < -0.39 is 12.1 Å². The lowest BCUT2D eigenvalue weighted by Gasteiger charge is -2.16. The second-order valence-corrected chi connectivity index (χ2v) is 6.05. The quantitative estimate of drug-likeness (QED) is 0.814. The van der Waals surface area contributed by atoms with Gasteiger partial charge in [-0.05, 0) is 48.4 Å². The highest BCUT2D eigenvalue weighted by molar-refractivity contribution is 6.35. The number of carboxylic acid groups (broad SMARTS) is 1. The lowest BCUT2D eigenvalue weighted by atomic mass is 10.1. The molecule has 0 aliphatic carbocycles. The lowest BCUT2D eigenvalue weighted by Crippen LogP contribution is -2.29. The summed E-state index contributed by atoms with van der Waals surface area (Å²) in [5, 5.41) is 10.8. The van der Waals surface area contributed by atoms with Crippen LogP contribution in [-0.4, -0.2) is 17.2 Å². The number of carbonyl (C=O) groups is 1. The van der Waals surface area contributed by atoms with Gasteiger partial charge in [-0.2, -0.15) is 0 Å². The highest BCUT2D eigenvalue weighted by Gasteiger charge is 2.21. The van der Waals surface area contributed by atoms with Gasteiger partial charge in [-0.3, -0.25) is 0 Å². The fourth-order valence-electron chi connectivity index (χ4n) is 1.92. The molecule has 0 unspecified atom stereocenters. The molecule has 1 N–H and O–H groups in total. The van der Waals surface area contributed by atoms with Crippen molar-refractivity contribution in [3.63, 3.8) is 0 Å². The van der Waals surface area contributed by atoms with Crippen molar-refractivity contribution in [2.24, 2.45) is 0 Å². The SMILES string of the molecule is Cc1cc(O[C@@H](Cc2ccc(Cl)cc2Cl)C(=O)O)ccc1Cl. The van der Waals surface area contributed by atoms with Crippen molar-refractivity contribution >= 4 is 40.8 Å². The summed E-state index contributed by atoms with van der Waals surface area (Å²) in [7, 11) is 0. The van der Waals surface area contributed by atoms with Crippen molar-refractivity contribution in [3.05, 3.63) is 62.6 Å². The molecule has 0 aliphatic heterocycles. The number of aliphatic carboxylic acids is 1. The van der Waals surface area contributed by atoms with Gasteiger partial charge in [0.2, 0.25) is 0 Å². The first-order chi connectivity index (χ1) is 10.4. The largest absolute Gasteiger partial charge is 0.478 e. The molecule has 0 bridgehead atoms. The van der Waals surface area contributed by atoms with E-state index in [1.165, 1.54) is 0 Å². The molecule has 116 valence electrons. The van der Waals surface area contributed by atoms with Crippen LogP contribution in [0.5, 0.6) is 5.75 Å². The summed E-state index contributed by atoms with van der Waals surface area (Å²) < 4.78 is 5.55. The van der Waals surface area contributed by atoms with E-state index in [1.54, 1.807) is 36.4 Å². The molecule has 22 heavy (non-hydrogen) atoms. The first kappa shape index (κ1) is 16.9. The standard InChI is InChI=1S/C16H13Cl3O3/c1-9-6-12(4-5-13(9)18)22-15(16(20)21)7-10-2-3-11(17)8-14(10)19/h2-6,8,15H,7H2,1H3,(H,20,21)/t15-/m0/s1. The molecule has 0 aromatic heterocycles. The maximum Gasteiger partial charge on any atom is 0.345 e. The second kappa shape index (κ2) is 7.23. The molecule has 0 radical (unpaired) electrons. The summed E-state index contributed by atoms with van der Waals surface area (Å²) in [6.45, 7) is 1.82. The molecule has 1 atom stereocenters. The Bertz CT molecular complexity index is 701. The molecule has 0 aliphatic rings. The minimum absolute atomic E-state index is 0.132. The molecule has 6 heteroatoms. The number of benzene rings is 2. The van der Waals surface area contributed by atoms with Crippen molar-refractivity contribution in [3.8, 4) is 5.75 Å². The Kier molecular flexibility index (Phi) is 5.57. The zero-order valence-electron chi connectivity index (χ0n) is 11.6. The van der Waals surface area contributed by atoms with E-state index in [2.05, 4.69) is 0 Å². The van der Waals surface area contributed by atoms with E-state index >= 15 is 0 Å². The normalized spacial score (nSPS) is 12.0. The van der Waals surface area contributed by atoms with Crippen LogP contribution < -0.4 is 4.74 Å². The number of hydrogen-bond donors (Lipinski definition) is 1. The average Bonchev–Trinajstić information content (AvgIpc) is 2.44. The number of aryl methyl sites for hydroxylation is 1. The number of ether oxygens (including phenoxy) is 1. The Morgan fingerprint density at radius 3 is 2.45 bits per heavy atom. The molecule has 3 nitrogen and oxygen atoms in total. The van der Waals surface area contributed by atoms with Crippen molar-refractivity contribution in [1.82, 2.24) is 0 Å². The van der Waals surface area contributed by atoms with Gasteiger partial charge in [0.1, 0.15) is 5.75 Å². The van der Waals surface area contributed by atoms with Crippen LogP contribution in [0.15, 0.2) is 36.4 Å². The molecule has 0 fully saturated rings. The summed E-state index contributed by atoms with van der Waals surface area (Å²) in [6, 6.07) is 9.92. The van der Waals surface area contributed by atoms with Crippen molar-refractivity contribution in [1.29, 1.82) is 0 Å². The van der Waals surface area contributed by atoms with Gasteiger partial charge in [-0.25, -0.2) is 4.79 Å². The molecule has 0 saturated heterocycles. The monoisotopic (exact) mass is 358 g/mol. The topological polar surface area (TPSA) is 46.5 Å². The van der Waals surface area contributed by atoms with Crippen molar-refractivity contribution in [2.45, 2.75) is 19.4 Å². The Morgan fingerprint density at radius 2 is 1.86 bits per heavy atom. The van der Waals surface area contributed by atoms with Gasteiger partial charge in [0.05, 0.1) is 0 Å². The third-order valence-electron chi connectivity index (χ3n) is 3.10. The zero-order valence-corrected chi connectivity index (χ0v) is 13.9. The summed E-state index contributed by atoms with van der Waals surface area (Å²) in [5.74, 6) is -0.627. The highest BCUT2D eigenvalue weighted by Crippen LogP contribution is 2.25. The minimum Gasteiger partial charge on any atom is -0.478 e. The van der Waals surface area contributed by atoms with E-state index in [0.29, 0.717) is 26.4 Å². The van der Waals surface area contributed by atoms with Gasteiger partial charge in [0.25, 0.3) is 0 Å². The number of carboxylic acids is 1. The van der Waals surface area contributed by atoms with Crippen molar-refractivity contribution in [2.75, 3.05) is 0 Å². The number of rotatable bonds is 5. The van der Waals surface area contributed by atoms with Gasteiger partial charge in [-0.1, -0.05) is 40.9 Å². The van der Waals surface area contributed by atoms with Crippen LogP contribution in [0, 0.1) is 6.92 Å². The molecule has 2 rings (SSSR count). The smallest absolute Gasteiger partial charge is 0.345 e. The van der Waals surface area contributed by atoms with Crippen LogP contribution in [-0.2, 0) is 11.2 Å². The number of hydrogen-bond acceptors (Lipinski definition) is 2. The van der Waals surface area contributed by atoms with Gasteiger partial charge in [-0.15, -0.1) is 0 Å². The Morgan fingerprint density at radius 1 is 1.14 bits per heavy atom. The third-order valence-corrected chi connectivity index (χ3v) is 4.11. The van der Waals surface area contributed by atoms with Gasteiger partial charge >= 0.3 is 5.97 Å². The fourth-order valence-corrected chi connectivity index (χ4v) is 2.52. The first-order valence-electron chi connectivity index (χ1n) is 6.46. The highest BCUT2D eigenvalue weighted by atomic mass is 35.5. The fraction of sp³-hybridized carbons (Fsp3) is 0.188. The summed E-state index contributed by atoms with van der Waals surface area (Å²) in [4.78, 5) is 11.4.